The van der Waals surface area contributed by atoms with E-state index in [4.69, 9.17) is 30.1 Å². The van der Waals surface area contributed by atoms with E-state index in [1.165, 1.54) is 14.2 Å². The van der Waals surface area contributed by atoms with Gasteiger partial charge in [-0.1, -0.05) is 30.3 Å². The highest BCUT2D eigenvalue weighted by atomic mass is 16.7. The lowest BCUT2D eigenvalue weighted by atomic mass is 10.0. The van der Waals surface area contributed by atoms with Crippen LogP contribution in [0.2, 0.25) is 0 Å². The zero-order chi connectivity index (χ0) is 29.4. The molecule has 4 atom stereocenters. The number of benzene rings is 3. The minimum atomic E-state index is -0.973. The second-order valence-corrected chi connectivity index (χ2v) is 9.63. The Hall–Kier alpha value is -4.32. The third-order valence-electron chi connectivity index (χ3n) is 6.71. The first kappa shape index (κ1) is 29.7. The summed E-state index contributed by atoms with van der Waals surface area (Å²) in [6.45, 7) is 0.0265. The number of amidine groups is 1. The molecule has 41 heavy (non-hydrogen) atoms. The third kappa shape index (κ3) is 7.66. The monoisotopic (exact) mass is 564 g/mol. The van der Waals surface area contributed by atoms with Crippen molar-refractivity contribution in [2.45, 2.75) is 43.9 Å². The van der Waals surface area contributed by atoms with Gasteiger partial charge in [-0.05, 0) is 35.9 Å². The molecule has 1 aliphatic heterocycles. The van der Waals surface area contributed by atoms with Crippen LogP contribution < -0.4 is 30.6 Å². The largest absolute Gasteiger partial charge is 0.493 e. The van der Waals surface area contributed by atoms with E-state index in [1.807, 2.05) is 30.3 Å². The molecule has 1 aliphatic rings. The topological polar surface area (TPSA) is 168 Å². The van der Waals surface area contributed by atoms with Crippen molar-refractivity contribution in [3.05, 3.63) is 83.4 Å². The number of aliphatic hydroxyl groups excluding tert-OH is 2. The Labute approximate surface area is 238 Å². The van der Waals surface area contributed by atoms with Gasteiger partial charge < -0.3 is 45.5 Å². The first-order chi connectivity index (χ1) is 19.8. The average molecular weight is 565 g/mol. The first-order valence-electron chi connectivity index (χ1n) is 13.2. The molecule has 0 radical (unpaired) electrons. The highest BCUT2D eigenvalue weighted by Crippen LogP contribution is 2.40. The molecule has 218 valence electrons. The van der Waals surface area contributed by atoms with Crippen LogP contribution in [0, 0.1) is 5.41 Å². The Bertz CT molecular complexity index is 1320. The van der Waals surface area contributed by atoms with Crippen molar-refractivity contribution < 1.29 is 34.0 Å². The van der Waals surface area contributed by atoms with Crippen molar-refractivity contribution in [3.63, 3.8) is 0 Å². The average Bonchev–Trinajstić information content (AvgIpc) is 2.99. The molecule has 1 heterocycles. The Balaban J connectivity index is 1.72. The van der Waals surface area contributed by atoms with Crippen LogP contribution >= 0.6 is 0 Å². The standard InChI is InChI=1S/C30H36N4O7/c1-38-25-14-23(24(15-26(25)39-2)41-27-13-21(36)12-22(17-35)40-27)28(30(37)33-16-18-6-4-3-5-7-18)34-20-10-8-19(9-11-20)29(31)32/h3-11,14-15,21-22,27-28,34-36H,12-13,16-17H2,1-2H3,(H3,31,32)(H,33,37)/t21?,22-,27?,28?/m0/s1. The quantitative estimate of drug-likeness (QED) is 0.143. The number of hydrogen-bond donors (Lipinski definition) is 6. The van der Waals surface area contributed by atoms with E-state index in [0.29, 0.717) is 34.9 Å². The normalized spacial score (nSPS) is 19.1. The predicted octanol–water partition coefficient (Wildman–Crippen LogP) is 2.69. The molecule has 0 spiro atoms. The summed E-state index contributed by atoms with van der Waals surface area (Å²) in [5.41, 5.74) is 8.10. The number of nitrogens with one attached hydrogen (secondary N) is 3. The molecule has 7 N–H and O–H groups in total. The van der Waals surface area contributed by atoms with Gasteiger partial charge in [0, 0.05) is 42.3 Å². The van der Waals surface area contributed by atoms with Gasteiger partial charge in [0.2, 0.25) is 12.2 Å². The van der Waals surface area contributed by atoms with Gasteiger partial charge in [0.25, 0.3) is 0 Å². The Morgan fingerprint density at radius 1 is 1.05 bits per heavy atom. The molecule has 1 saturated heterocycles. The minimum absolute atomic E-state index is 0.0693. The number of carbonyl (C=O) groups is 1. The molecule has 0 aromatic heterocycles. The number of hydrogen-bond acceptors (Lipinski definition) is 9. The van der Waals surface area contributed by atoms with Crippen LogP contribution in [0.25, 0.3) is 0 Å². The number of methoxy groups -OCH3 is 2. The van der Waals surface area contributed by atoms with E-state index in [2.05, 4.69) is 10.6 Å². The van der Waals surface area contributed by atoms with E-state index in [1.54, 1.807) is 36.4 Å². The Morgan fingerprint density at radius 2 is 1.73 bits per heavy atom. The maximum absolute atomic E-state index is 13.8. The van der Waals surface area contributed by atoms with Crippen LogP contribution in [0.3, 0.4) is 0 Å². The lowest BCUT2D eigenvalue weighted by Gasteiger charge is -2.33. The van der Waals surface area contributed by atoms with Crippen LogP contribution in [0.4, 0.5) is 5.69 Å². The second-order valence-electron chi connectivity index (χ2n) is 9.63. The van der Waals surface area contributed by atoms with E-state index >= 15 is 0 Å². The molecule has 3 unspecified atom stereocenters. The maximum Gasteiger partial charge on any atom is 0.247 e. The number of anilines is 1. The van der Waals surface area contributed by atoms with Crippen molar-refractivity contribution in [3.8, 4) is 17.2 Å². The number of ether oxygens (including phenoxy) is 4. The zero-order valence-corrected chi connectivity index (χ0v) is 23.0. The Kier molecular flexibility index (Phi) is 10.0. The van der Waals surface area contributed by atoms with Gasteiger partial charge >= 0.3 is 0 Å². The summed E-state index contributed by atoms with van der Waals surface area (Å²) in [5, 5.41) is 33.9. The maximum atomic E-state index is 13.8. The molecular formula is C30H36N4O7. The summed E-state index contributed by atoms with van der Waals surface area (Å²) in [7, 11) is 2.98. The van der Waals surface area contributed by atoms with E-state index in [-0.39, 0.29) is 36.9 Å². The predicted molar refractivity (Wildman–Crippen MR) is 153 cm³/mol. The lowest BCUT2D eigenvalue weighted by molar-refractivity contribution is -0.185. The van der Waals surface area contributed by atoms with Gasteiger partial charge in [0.1, 0.15) is 17.6 Å². The van der Waals surface area contributed by atoms with Gasteiger partial charge in [0.05, 0.1) is 33.0 Å². The third-order valence-corrected chi connectivity index (χ3v) is 6.71. The van der Waals surface area contributed by atoms with Crippen molar-refractivity contribution in [1.29, 1.82) is 5.41 Å². The van der Waals surface area contributed by atoms with Gasteiger partial charge in [-0.15, -0.1) is 0 Å². The molecule has 3 aromatic rings. The first-order valence-corrected chi connectivity index (χ1v) is 13.2. The van der Waals surface area contributed by atoms with Crippen LogP contribution in [-0.2, 0) is 16.1 Å². The summed E-state index contributed by atoms with van der Waals surface area (Å²) >= 11 is 0. The van der Waals surface area contributed by atoms with Crippen LogP contribution in [0.5, 0.6) is 17.2 Å². The number of nitrogens with two attached hydrogens (primary N) is 1. The summed E-state index contributed by atoms with van der Waals surface area (Å²) in [6.07, 6.45) is -1.73. The molecular weight excluding hydrogens is 528 g/mol. The number of aliphatic hydroxyl groups is 2. The van der Waals surface area contributed by atoms with Crippen molar-refractivity contribution in [1.82, 2.24) is 5.32 Å². The fraction of sp³-hybridized carbons (Fsp3) is 0.333. The fourth-order valence-corrected chi connectivity index (χ4v) is 4.57. The van der Waals surface area contributed by atoms with Gasteiger partial charge in [-0.3, -0.25) is 10.2 Å². The fourth-order valence-electron chi connectivity index (χ4n) is 4.57. The molecule has 0 bridgehead atoms. The summed E-state index contributed by atoms with van der Waals surface area (Å²) < 4.78 is 23.1. The molecule has 0 saturated carbocycles. The highest BCUT2D eigenvalue weighted by Gasteiger charge is 2.32. The zero-order valence-electron chi connectivity index (χ0n) is 23.0. The molecule has 11 heteroatoms. The second kappa shape index (κ2) is 13.8. The van der Waals surface area contributed by atoms with Crippen molar-refractivity contribution in [2.24, 2.45) is 5.73 Å². The summed E-state index contributed by atoms with van der Waals surface area (Å²) in [6, 6.07) is 18.6. The number of amides is 1. The summed E-state index contributed by atoms with van der Waals surface area (Å²) in [5.74, 6) is 0.600. The highest BCUT2D eigenvalue weighted by molar-refractivity contribution is 5.95. The molecule has 0 aliphatic carbocycles. The molecule has 1 fully saturated rings. The smallest absolute Gasteiger partial charge is 0.247 e. The number of rotatable bonds is 12. The SMILES string of the molecule is COc1cc(OC2CC(O)C[C@@H](CO)O2)c(C(Nc2ccc(C(=N)N)cc2)C(=O)NCc2ccccc2)cc1OC. The number of nitrogen functional groups attached to an aromatic ring is 1. The molecule has 4 rings (SSSR count). The summed E-state index contributed by atoms with van der Waals surface area (Å²) in [4.78, 5) is 13.8. The van der Waals surface area contributed by atoms with Gasteiger partial charge in [0.15, 0.2) is 11.5 Å². The van der Waals surface area contributed by atoms with Crippen LogP contribution in [-0.4, -0.2) is 61.3 Å². The molecule has 3 aromatic carbocycles. The molecule has 1 amide bonds. The lowest BCUT2D eigenvalue weighted by Crippen LogP contribution is -2.40. The number of carbonyl (C=O) groups excluding carboxylic acids is 1. The van der Waals surface area contributed by atoms with Crippen molar-refractivity contribution >= 4 is 17.4 Å². The Morgan fingerprint density at radius 3 is 2.37 bits per heavy atom. The minimum Gasteiger partial charge on any atom is -0.493 e. The van der Waals surface area contributed by atoms with E-state index in [9.17, 15) is 15.0 Å². The molecule has 11 nitrogen and oxygen atoms in total. The van der Waals surface area contributed by atoms with Gasteiger partial charge in [-0.25, -0.2) is 0 Å². The van der Waals surface area contributed by atoms with Crippen molar-refractivity contribution in [2.75, 3.05) is 26.1 Å². The van der Waals surface area contributed by atoms with Gasteiger partial charge in [-0.2, -0.15) is 0 Å². The van der Waals surface area contributed by atoms with Crippen LogP contribution in [0.1, 0.15) is 35.6 Å². The van der Waals surface area contributed by atoms with E-state index < -0.39 is 24.5 Å². The van der Waals surface area contributed by atoms with E-state index in [0.717, 1.165) is 5.56 Å². The van der Waals surface area contributed by atoms with Crippen LogP contribution in [0.15, 0.2) is 66.7 Å².